The van der Waals surface area contributed by atoms with E-state index in [4.69, 9.17) is 28.4 Å². The SMILES string of the molecule is CCCCCCCCCCCCCCCCCCOc1cc(C(=O)OCC(=O)O[C@]2(O)C[C@H](n3cnc4c(=O)[nH]c(NC(=O)C(C)C)nc43)O[C@@H]2CO)cc(OCCCCCCCCCCCCCCCCCC)c1OCCCCCCCCCCCCCCCCCC. The van der Waals surface area contributed by atoms with Crippen molar-refractivity contribution in [1.29, 1.82) is 0 Å². The number of aliphatic hydroxyl groups is 2. The minimum atomic E-state index is -2.39. The van der Waals surface area contributed by atoms with Gasteiger partial charge in [-0.1, -0.05) is 324 Å². The molecule has 3 aromatic rings. The Morgan fingerprint density at radius 3 is 1.30 bits per heavy atom. The molecule has 1 aliphatic heterocycles. The van der Waals surface area contributed by atoms with Gasteiger partial charge in [-0.2, -0.15) is 4.98 Å². The number of carbonyl (C=O) groups is 3. The number of nitrogens with one attached hydrogen (secondary N) is 2. The lowest BCUT2D eigenvalue weighted by atomic mass is 10.0. The summed E-state index contributed by atoms with van der Waals surface area (Å²) in [6.07, 6.45) is 59.2. The van der Waals surface area contributed by atoms with Crippen molar-refractivity contribution in [2.24, 2.45) is 5.92 Å². The molecule has 538 valence electrons. The van der Waals surface area contributed by atoms with Crippen molar-refractivity contribution < 1.29 is 53.0 Å². The molecule has 4 rings (SSSR count). The van der Waals surface area contributed by atoms with Gasteiger partial charge in [-0.3, -0.25) is 24.5 Å². The number of carbonyl (C=O) groups excluding carboxylic acids is 3. The monoisotopic (exact) mass is 1320 g/mol. The number of ether oxygens (including phenoxy) is 6. The van der Waals surface area contributed by atoms with Gasteiger partial charge in [-0.25, -0.2) is 14.6 Å². The molecule has 0 saturated carbocycles. The molecule has 17 heteroatoms. The highest BCUT2D eigenvalue weighted by Gasteiger charge is 2.52. The lowest BCUT2D eigenvalue weighted by molar-refractivity contribution is -0.233. The fourth-order valence-corrected chi connectivity index (χ4v) is 12.6. The Bertz CT molecular complexity index is 2420. The topological polar surface area (TPSA) is 223 Å². The Balaban J connectivity index is 1.39. The molecule has 2 aromatic heterocycles. The van der Waals surface area contributed by atoms with Gasteiger partial charge in [0.1, 0.15) is 12.3 Å². The molecular formula is C77H133N5O12. The highest BCUT2D eigenvalue weighted by molar-refractivity contribution is 5.92. The van der Waals surface area contributed by atoms with Crippen LogP contribution in [0.2, 0.25) is 0 Å². The first-order valence-electron chi connectivity index (χ1n) is 38.7. The highest BCUT2D eigenvalue weighted by Crippen LogP contribution is 2.41. The summed E-state index contributed by atoms with van der Waals surface area (Å²) >= 11 is 0. The van der Waals surface area contributed by atoms with Crippen molar-refractivity contribution in [1.82, 2.24) is 19.5 Å². The standard InChI is InChI=1S/C77H133N5O12/c1-6-9-12-15-18-21-24-27-30-33-36-39-42-45-48-51-54-89-65-57-64(75(87)92-61-69(84)94-77(88)59-68(93-67(77)60-83)82-62-78-70-72(82)79-76(81-74(70)86)80-73(85)63(4)5)58-66(90-55-52-49-46-43-40-37-34-31-28-25-22-19-16-13-10-7-2)71(65)91-56-53-50-47-44-41-38-35-32-29-26-23-20-17-14-11-8-3/h57-58,62-63,67-68,83,88H,6-56,59-61H2,1-5H3,(H2,79,80,81,85,86)/t67-,68-,77-/m1/s1. The number of H-pyrrole nitrogens is 1. The second kappa shape index (κ2) is 52.4. The second-order valence-electron chi connectivity index (χ2n) is 27.5. The Morgan fingerprint density at radius 2 is 0.936 bits per heavy atom. The van der Waals surface area contributed by atoms with Gasteiger partial charge in [-0.15, -0.1) is 0 Å². The number of hydrogen-bond donors (Lipinski definition) is 4. The van der Waals surface area contributed by atoms with Crippen LogP contribution in [0.5, 0.6) is 17.2 Å². The number of amides is 1. The Hall–Kier alpha value is -4.74. The third kappa shape index (κ3) is 35.0. The lowest BCUT2D eigenvalue weighted by Crippen LogP contribution is -2.45. The maximum atomic E-state index is 14.1. The molecule has 1 aromatic carbocycles. The first kappa shape index (κ1) is 81.7. The van der Waals surface area contributed by atoms with E-state index in [2.05, 4.69) is 41.0 Å². The molecule has 1 fully saturated rings. The van der Waals surface area contributed by atoms with E-state index in [9.17, 15) is 29.4 Å². The van der Waals surface area contributed by atoms with Crippen molar-refractivity contribution in [3.8, 4) is 17.2 Å². The lowest BCUT2D eigenvalue weighted by Gasteiger charge is -2.26. The van der Waals surface area contributed by atoms with Gasteiger partial charge in [0.2, 0.25) is 23.4 Å². The molecule has 1 aliphatic rings. The number of anilines is 1. The molecule has 17 nitrogen and oxygen atoms in total. The third-order valence-electron chi connectivity index (χ3n) is 18.6. The fraction of sp³-hybridized carbons (Fsp3) is 0.818. The van der Waals surface area contributed by atoms with Crippen LogP contribution in [-0.2, 0) is 23.8 Å². The average molecular weight is 1320 g/mol. The highest BCUT2D eigenvalue weighted by atomic mass is 16.7. The van der Waals surface area contributed by atoms with Crippen LogP contribution in [0.25, 0.3) is 11.2 Å². The van der Waals surface area contributed by atoms with Crippen molar-refractivity contribution in [3.05, 3.63) is 34.4 Å². The molecule has 1 saturated heterocycles. The zero-order valence-electron chi connectivity index (χ0n) is 60.0. The van der Waals surface area contributed by atoms with Gasteiger partial charge in [0.25, 0.3) is 5.56 Å². The van der Waals surface area contributed by atoms with Crippen LogP contribution in [0, 0.1) is 5.92 Å². The molecule has 0 radical (unpaired) electrons. The summed E-state index contributed by atoms with van der Waals surface area (Å²) in [5.74, 6) is -4.00. The number of unbranched alkanes of at least 4 members (excludes halogenated alkanes) is 45. The maximum Gasteiger partial charge on any atom is 0.346 e. The van der Waals surface area contributed by atoms with E-state index in [0.717, 1.165) is 57.8 Å². The number of aromatic amines is 1. The zero-order valence-corrected chi connectivity index (χ0v) is 60.0. The van der Waals surface area contributed by atoms with Crippen molar-refractivity contribution in [2.75, 3.05) is 38.4 Å². The van der Waals surface area contributed by atoms with Gasteiger partial charge in [-0.05, 0) is 31.4 Å². The van der Waals surface area contributed by atoms with Crippen LogP contribution in [-0.4, -0.2) is 92.5 Å². The molecule has 94 heavy (non-hydrogen) atoms. The van der Waals surface area contributed by atoms with Crippen LogP contribution >= 0.6 is 0 Å². The van der Waals surface area contributed by atoms with Crippen LogP contribution in [0.15, 0.2) is 23.3 Å². The summed E-state index contributed by atoms with van der Waals surface area (Å²) in [5.41, 5.74) is -0.573. The predicted molar refractivity (Wildman–Crippen MR) is 380 cm³/mol. The smallest absolute Gasteiger partial charge is 0.346 e. The number of imidazole rings is 1. The molecular weight excluding hydrogens is 1190 g/mol. The van der Waals surface area contributed by atoms with Crippen LogP contribution in [0.3, 0.4) is 0 Å². The van der Waals surface area contributed by atoms with Crippen molar-refractivity contribution in [2.45, 2.75) is 367 Å². The Kier molecular flexibility index (Phi) is 45.5. The number of aliphatic hydroxyl groups excluding tert-OH is 1. The number of benzene rings is 1. The second-order valence-corrected chi connectivity index (χ2v) is 27.5. The third-order valence-corrected chi connectivity index (χ3v) is 18.6. The fourth-order valence-electron chi connectivity index (χ4n) is 12.6. The van der Waals surface area contributed by atoms with Gasteiger partial charge in [0.15, 0.2) is 29.3 Å². The predicted octanol–water partition coefficient (Wildman–Crippen LogP) is 20.0. The number of aromatic nitrogens is 4. The molecule has 3 heterocycles. The molecule has 0 bridgehead atoms. The van der Waals surface area contributed by atoms with E-state index in [1.54, 1.807) is 26.0 Å². The van der Waals surface area contributed by atoms with E-state index in [0.29, 0.717) is 37.1 Å². The number of esters is 2. The van der Waals surface area contributed by atoms with Gasteiger partial charge in [0, 0.05) is 5.92 Å². The van der Waals surface area contributed by atoms with E-state index >= 15 is 0 Å². The number of fused-ring (bicyclic) bond motifs is 1. The number of nitrogens with zero attached hydrogens (tertiary/aromatic N) is 3. The Morgan fingerprint density at radius 1 is 0.574 bits per heavy atom. The first-order chi connectivity index (χ1) is 45.9. The summed E-state index contributed by atoms with van der Waals surface area (Å²) in [7, 11) is 0. The van der Waals surface area contributed by atoms with Gasteiger partial charge >= 0.3 is 11.9 Å². The van der Waals surface area contributed by atoms with E-state index in [1.165, 1.54) is 261 Å². The molecule has 0 aliphatic carbocycles. The quantitative estimate of drug-likeness (QED) is 0.0235. The maximum absolute atomic E-state index is 14.1. The summed E-state index contributed by atoms with van der Waals surface area (Å²) < 4.78 is 38.1. The number of rotatable bonds is 62. The summed E-state index contributed by atoms with van der Waals surface area (Å²) in [6.45, 7) is 9.87. The van der Waals surface area contributed by atoms with E-state index in [1.807, 2.05) is 0 Å². The molecule has 3 atom stereocenters. The number of hydrogen-bond acceptors (Lipinski definition) is 14. The Labute approximate surface area is 568 Å². The van der Waals surface area contributed by atoms with Crippen molar-refractivity contribution >= 4 is 35.0 Å². The minimum absolute atomic E-state index is 0.0207. The first-order valence-corrected chi connectivity index (χ1v) is 38.7. The summed E-state index contributed by atoms with van der Waals surface area (Å²) in [6, 6.07) is 3.20. The van der Waals surface area contributed by atoms with Crippen LogP contribution < -0.4 is 25.1 Å². The zero-order chi connectivity index (χ0) is 67.5. The normalized spacial score (nSPS) is 15.5. The largest absolute Gasteiger partial charge is 0.490 e. The van der Waals surface area contributed by atoms with Crippen molar-refractivity contribution in [3.63, 3.8) is 0 Å². The van der Waals surface area contributed by atoms with Gasteiger partial charge < -0.3 is 38.6 Å². The molecule has 0 spiro atoms. The van der Waals surface area contributed by atoms with E-state index in [-0.39, 0.29) is 28.6 Å². The van der Waals surface area contributed by atoms with Gasteiger partial charge in [0.05, 0.1) is 44.7 Å². The molecule has 4 N–H and O–H groups in total. The van der Waals surface area contributed by atoms with E-state index < -0.39 is 61.2 Å². The summed E-state index contributed by atoms with van der Waals surface area (Å²) in [4.78, 5) is 64.1. The van der Waals surface area contributed by atoms with Crippen LogP contribution in [0.4, 0.5) is 5.95 Å². The minimum Gasteiger partial charge on any atom is -0.490 e. The summed E-state index contributed by atoms with van der Waals surface area (Å²) in [5, 5.41) is 24.7. The van der Waals surface area contributed by atoms with Crippen LogP contribution in [0.1, 0.15) is 366 Å². The average Bonchev–Trinajstić information content (AvgIpc) is 1.66. The molecule has 1 amide bonds. The molecule has 0 unspecified atom stereocenters.